The summed E-state index contributed by atoms with van der Waals surface area (Å²) in [6.45, 7) is 2.06. The van der Waals surface area contributed by atoms with Gasteiger partial charge in [-0.2, -0.15) is 0 Å². The number of rotatable bonds is 3. The first kappa shape index (κ1) is 17.8. The highest BCUT2D eigenvalue weighted by atomic mass is 127. The van der Waals surface area contributed by atoms with Gasteiger partial charge in [-0.1, -0.05) is 23.2 Å². The molecular weight excluding hydrogens is 458 g/mol. The lowest BCUT2D eigenvalue weighted by molar-refractivity contribution is 0.102. The molecule has 0 aliphatic carbocycles. The average Bonchev–Trinajstić information content (AvgIpc) is 2.58. The van der Waals surface area contributed by atoms with E-state index in [0.717, 1.165) is 22.3 Å². The third-order valence-electron chi connectivity index (χ3n) is 4.08. The van der Waals surface area contributed by atoms with Crippen molar-refractivity contribution >= 4 is 63.1 Å². The highest BCUT2D eigenvalue weighted by Crippen LogP contribution is 2.31. The molecule has 0 bridgehead atoms. The Morgan fingerprint density at radius 3 is 2.46 bits per heavy atom. The summed E-state index contributed by atoms with van der Waals surface area (Å²) >= 11 is 14.7. The summed E-state index contributed by atoms with van der Waals surface area (Å²) in [6, 6.07) is 11.0. The number of hydrogen-bond acceptors (Lipinski definition) is 2. The third kappa shape index (κ3) is 4.16. The van der Waals surface area contributed by atoms with Crippen LogP contribution in [0.25, 0.3) is 0 Å². The van der Waals surface area contributed by atoms with Crippen molar-refractivity contribution in [2.75, 3.05) is 23.3 Å². The minimum absolute atomic E-state index is 0.236. The lowest BCUT2D eigenvalue weighted by Crippen LogP contribution is -2.29. The van der Waals surface area contributed by atoms with Crippen molar-refractivity contribution < 1.29 is 4.79 Å². The van der Waals surface area contributed by atoms with Crippen LogP contribution in [0, 0.1) is 3.57 Å². The predicted molar refractivity (Wildman–Crippen MR) is 110 cm³/mol. The van der Waals surface area contributed by atoms with E-state index in [1.54, 1.807) is 18.2 Å². The second-order valence-corrected chi connectivity index (χ2v) is 7.85. The Balaban J connectivity index is 1.77. The quantitative estimate of drug-likeness (QED) is 0.566. The number of hydrogen-bond donors (Lipinski definition) is 1. The van der Waals surface area contributed by atoms with E-state index < -0.39 is 0 Å². The van der Waals surface area contributed by atoms with Crippen molar-refractivity contribution in [2.24, 2.45) is 0 Å². The maximum absolute atomic E-state index is 12.4. The molecule has 1 heterocycles. The van der Waals surface area contributed by atoms with Gasteiger partial charge in [0, 0.05) is 22.3 Å². The number of anilines is 2. The Hall–Kier alpha value is -0.980. The van der Waals surface area contributed by atoms with Crippen LogP contribution in [0.15, 0.2) is 36.4 Å². The first-order valence-electron chi connectivity index (χ1n) is 7.85. The molecule has 1 N–H and O–H groups in total. The normalized spacial score (nSPS) is 14.5. The number of amides is 1. The molecule has 1 saturated heterocycles. The zero-order valence-electron chi connectivity index (χ0n) is 13.0. The molecule has 126 valence electrons. The Morgan fingerprint density at radius 1 is 1.00 bits per heavy atom. The van der Waals surface area contributed by atoms with Crippen LogP contribution in [0.3, 0.4) is 0 Å². The van der Waals surface area contributed by atoms with Gasteiger partial charge in [-0.05, 0) is 78.3 Å². The van der Waals surface area contributed by atoms with Crippen LogP contribution in [-0.4, -0.2) is 19.0 Å². The maximum atomic E-state index is 12.4. The van der Waals surface area contributed by atoms with Crippen molar-refractivity contribution in [2.45, 2.75) is 19.3 Å². The molecule has 24 heavy (non-hydrogen) atoms. The fourth-order valence-electron chi connectivity index (χ4n) is 2.85. The molecule has 3 nitrogen and oxygen atoms in total. The molecule has 2 aromatic carbocycles. The molecule has 0 atom stereocenters. The molecule has 0 unspecified atom stereocenters. The number of nitrogens with one attached hydrogen (secondary N) is 1. The molecule has 2 aromatic rings. The van der Waals surface area contributed by atoms with Gasteiger partial charge in [0.15, 0.2) is 0 Å². The van der Waals surface area contributed by atoms with Crippen molar-refractivity contribution in [1.29, 1.82) is 0 Å². The van der Waals surface area contributed by atoms with E-state index in [4.69, 9.17) is 23.2 Å². The van der Waals surface area contributed by atoms with Crippen LogP contribution in [0.2, 0.25) is 10.0 Å². The summed E-state index contributed by atoms with van der Waals surface area (Å²) in [6.07, 6.45) is 3.67. The van der Waals surface area contributed by atoms with Gasteiger partial charge in [-0.3, -0.25) is 4.79 Å². The Kier molecular flexibility index (Phi) is 5.89. The lowest BCUT2D eigenvalue weighted by Gasteiger charge is -2.29. The van der Waals surface area contributed by atoms with E-state index in [1.807, 2.05) is 18.2 Å². The monoisotopic (exact) mass is 474 g/mol. The second-order valence-electron chi connectivity index (χ2n) is 5.79. The van der Waals surface area contributed by atoms with Gasteiger partial charge >= 0.3 is 0 Å². The van der Waals surface area contributed by atoms with E-state index in [0.29, 0.717) is 21.3 Å². The van der Waals surface area contributed by atoms with E-state index in [9.17, 15) is 4.79 Å². The number of benzene rings is 2. The van der Waals surface area contributed by atoms with Crippen LogP contribution in [0.4, 0.5) is 11.4 Å². The molecule has 1 amide bonds. The van der Waals surface area contributed by atoms with Crippen LogP contribution in [0.5, 0.6) is 0 Å². The Morgan fingerprint density at radius 2 is 1.75 bits per heavy atom. The van der Waals surface area contributed by atoms with Crippen LogP contribution in [0.1, 0.15) is 29.6 Å². The maximum Gasteiger partial charge on any atom is 0.257 e. The Labute approximate surface area is 165 Å². The topological polar surface area (TPSA) is 32.3 Å². The number of nitrogens with zero attached hydrogens (tertiary/aromatic N) is 1. The Bertz CT molecular complexity index is 761. The molecule has 0 radical (unpaired) electrons. The number of carbonyl (C=O) groups is 1. The molecular formula is C18H17Cl2IN2O. The zero-order chi connectivity index (χ0) is 17.1. The molecule has 3 rings (SSSR count). The molecule has 1 fully saturated rings. The summed E-state index contributed by atoms with van der Waals surface area (Å²) in [5, 5.41) is 3.96. The number of piperidine rings is 1. The van der Waals surface area contributed by atoms with Crippen LogP contribution < -0.4 is 10.2 Å². The van der Waals surface area contributed by atoms with Crippen LogP contribution in [-0.2, 0) is 0 Å². The third-order valence-corrected chi connectivity index (χ3v) is 5.38. The highest BCUT2D eigenvalue weighted by Gasteiger charge is 2.16. The second kappa shape index (κ2) is 7.93. The molecule has 0 aromatic heterocycles. The van der Waals surface area contributed by atoms with E-state index in [2.05, 4.69) is 32.8 Å². The molecule has 0 saturated carbocycles. The van der Waals surface area contributed by atoms with Gasteiger partial charge in [0.2, 0.25) is 0 Å². The van der Waals surface area contributed by atoms with E-state index >= 15 is 0 Å². The number of carbonyl (C=O) groups excluding carboxylic acids is 1. The van der Waals surface area contributed by atoms with E-state index in [-0.39, 0.29) is 5.91 Å². The van der Waals surface area contributed by atoms with Gasteiger partial charge in [-0.25, -0.2) is 0 Å². The first-order chi connectivity index (χ1) is 11.5. The highest BCUT2D eigenvalue weighted by molar-refractivity contribution is 14.1. The molecule has 1 aliphatic heterocycles. The van der Waals surface area contributed by atoms with Crippen molar-refractivity contribution in [3.8, 4) is 0 Å². The summed E-state index contributed by atoms with van der Waals surface area (Å²) in [5.41, 5.74) is 2.15. The first-order valence-corrected chi connectivity index (χ1v) is 9.69. The SMILES string of the molecule is O=C(Nc1ccc(N2CCCCC2)c(Cl)c1)c1cc(I)ccc1Cl. The van der Waals surface area contributed by atoms with Gasteiger partial charge in [0.05, 0.1) is 21.3 Å². The zero-order valence-corrected chi connectivity index (χ0v) is 16.7. The predicted octanol–water partition coefficient (Wildman–Crippen LogP) is 5.84. The molecule has 0 spiro atoms. The summed E-state index contributed by atoms with van der Waals surface area (Å²) < 4.78 is 0.959. The minimum Gasteiger partial charge on any atom is -0.370 e. The van der Waals surface area contributed by atoms with Crippen molar-refractivity contribution in [1.82, 2.24) is 0 Å². The summed E-state index contributed by atoms with van der Waals surface area (Å²) in [5.74, 6) is -0.236. The van der Waals surface area contributed by atoms with Gasteiger partial charge in [-0.15, -0.1) is 0 Å². The summed E-state index contributed by atoms with van der Waals surface area (Å²) in [4.78, 5) is 14.7. The van der Waals surface area contributed by atoms with Crippen molar-refractivity contribution in [3.05, 3.63) is 55.6 Å². The standard InChI is InChI=1S/C18H17Cl2IN2O/c19-15-6-4-12(21)10-14(15)18(24)22-13-5-7-17(16(20)11-13)23-8-2-1-3-9-23/h4-7,10-11H,1-3,8-9H2,(H,22,24). The fourth-order valence-corrected chi connectivity index (χ4v) is 3.84. The molecule has 6 heteroatoms. The van der Waals surface area contributed by atoms with Crippen molar-refractivity contribution in [3.63, 3.8) is 0 Å². The van der Waals surface area contributed by atoms with Gasteiger partial charge < -0.3 is 10.2 Å². The molecule has 1 aliphatic rings. The fraction of sp³-hybridized carbons (Fsp3) is 0.278. The van der Waals surface area contributed by atoms with Crippen LogP contribution >= 0.6 is 45.8 Å². The number of halogens is 3. The lowest BCUT2D eigenvalue weighted by atomic mass is 10.1. The smallest absolute Gasteiger partial charge is 0.257 e. The van der Waals surface area contributed by atoms with E-state index in [1.165, 1.54) is 19.3 Å². The average molecular weight is 475 g/mol. The minimum atomic E-state index is -0.236. The van der Waals surface area contributed by atoms with Gasteiger partial charge in [0.25, 0.3) is 5.91 Å². The summed E-state index contributed by atoms with van der Waals surface area (Å²) in [7, 11) is 0. The largest absolute Gasteiger partial charge is 0.370 e. The van der Waals surface area contributed by atoms with Gasteiger partial charge in [0.1, 0.15) is 0 Å².